The number of likely N-dealkylation sites (tertiary alicyclic amines) is 1. The molecule has 0 spiro atoms. The first-order chi connectivity index (χ1) is 13.8. The molecule has 2 atom stereocenters. The normalized spacial score (nSPS) is 16.9. The highest BCUT2D eigenvalue weighted by molar-refractivity contribution is 5.86. The van der Waals surface area contributed by atoms with Gasteiger partial charge in [0.15, 0.2) is 6.04 Å². The van der Waals surface area contributed by atoms with Crippen LogP contribution in [0.1, 0.15) is 38.7 Å². The van der Waals surface area contributed by atoms with E-state index in [1.54, 1.807) is 0 Å². The monoisotopic (exact) mass is 404 g/mol. The second kappa shape index (κ2) is 11.0. The van der Waals surface area contributed by atoms with Crippen LogP contribution in [0.25, 0.3) is 0 Å². The largest absolute Gasteiger partial charge is 0.467 e. The molecular formula is C22H34N3O4+. The lowest BCUT2D eigenvalue weighted by Gasteiger charge is -2.32. The number of nitrogens with one attached hydrogen (secondary N) is 1. The lowest BCUT2D eigenvalue weighted by molar-refractivity contribution is -0.408. The van der Waals surface area contributed by atoms with Crippen molar-refractivity contribution in [3.05, 3.63) is 35.9 Å². The summed E-state index contributed by atoms with van der Waals surface area (Å²) in [5, 5.41) is 2.85. The van der Waals surface area contributed by atoms with Crippen molar-refractivity contribution in [1.82, 2.24) is 10.2 Å². The zero-order valence-corrected chi connectivity index (χ0v) is 17.7. The maximum absolute atomic E-state index is 12.7. The fourth-order valence-corrected chi connectivity index (χ4v) is 3.77. The average Bonchev–Trinajstić information content (AvgIpc) is 2.72. The van der Waals surface area contributed by atoms with Gasteiger partial charge in [0.05, 0.1) is 7.11 Å². The second-order valence-electron chi connectivity index (χ2n) is 8.20. The summed E-state index contributed by atoms with van der Waals surface area (Å²) in [5.41, 5.74) is 4.95. The van der Waals surface area contributed by atoms with Crippen LogP contribution in [-0.2, 0) is 25.5 Å². The fourth-order valence-electron chi connectivity index (χ4n) is 3.77. The molecule has 0 bridgehead atoms. The minimum absolute atomic E-state index is 0.0640. The predicted octanol–water partition coefficient (Wildman–Crippen LogP) is 0.782. The molecule has 7 heteroatoms. The number of rotatable bonds is 8. The van der Waals surface area contributed by atoms with Gasteiger partial charge in [0.25, 0.3) is 5.91 Å². The number of hydrogen-bond donors (Lipinski definition) is 2. The molecule has 2 unspecified atom stereocenters. The van der Waals surface area contributed by atoms with Crippen LogP contribution in [0.2, 0.25) is 0 Å². The lowest BCUT2D eigenvalue weighted by Crippen LogP contribution is -2.68. The maximum atomic E-state index is 12.7. The summed E-state index contributed by atoms with van der Waals surface area (Å²) in [6, 6.07) is 8.57. The number of quaternary nitrogens is 1. The van der Waals surface area contributed by atoms with E-state index in [1.165, 1.54) is 7.11 Å². The van der Waals surface area contributed by atoms with Crippen LogP contribution in [0.5, 0.6) is 0 Å². The van der Waals surface area contributed by atoms with E-state index in [0.717, 1.165) is 12.0 Å². The molecule has 1 aliphatic rings. The van der Waals surface area contributed by atoms with Gasteiger partial charge in [0.2, 0.25) is 5.91 Å². The highest BCUT2D eigenvalue weighted by atomic mass is 16.5. The van der Waals surface area contributed by atoms with Crippen LogP contribution < -0.4 is 11.1 Å². The van der Waals surface area contributed by atoms with Crippen molar-refractivity contribution in [3.8, 4) is 0 Å². The number of carbonyl (C=O) groups excluding carboxylic acids is 3. The molecule has 2 rings (SSSR count). The lowest BCUT2D eigenvalue weighted by atomic mass is 9.94. The first-order valence-electron chi connectivity index (χ1n) is 10.4. The number of hydrogen-bond acceptors (Lipinski definition) is 4. The molecule has 1 saturated heterocycles. The molecule has 0 aliphatic carbocycles. The number of piperidine rings is 1. The summed E-state index contributed by atoms with van der Waals surface area (Å²) in [4.78, 5) is 39.2. The summed E-state index contributed by atoms with van der Waals surface area (Å²) < 4.78 is 4.87. The van der Waals surface area contributed by atoms with Crippen molar-refractivity contribution in [2.45, 2.75) is 51.6 Å². The van der Waals surface area contributed by atoms with Crippen molar-refractivity contribution in [1.29, 1.82) is 0 Å². The van der Waals surface area contributed by atoms with E-state index in [9.17, 15) is 14.4 Å². The van der Waals surface area contributed by atoms with E-state index < -0.39 is 12.0 Å². The third kappa shape index (κ3) is 6.85. The molecule has 29 heavy (non-hydrogen) atoms. The first-order valence-corrected chi connectivity index (χ1v) is 10.4. The molecule has 0 radical (unpaired) electrons. The van der Waals surface area contributed by atoms with E-state index in [-0.39, 0.29) is 23.8 Å². The molecule has 0 saturated carbocycles. The van der Waals surface area contributed by atoms with E-state index in [1.807, 2.05) is 35.2 Å². The highest BCUT2D eigenvalue weighted by Gasteiger charge is 2.33. The number of methoxy groups -OCH3 is 1. The zero-order chi connectivity index (χ0) is 21.4. The van der Waals surface area contributed by atoms with E-state index in [0.29, 0.717) is 38.3 Å². The number of nitrogens with zero attached hydrogens (tertiary/aromatic N) is 1. The van der Waals surface area contributed by atoms with Crippen LogP contribution in [0.15, 0.2) is 30.3 Å². The summed E-state index contributed by atoms with van der Waals surface area (Å²) in [6.07, 6.45) is 2.32. The van der Waals surface area contributed by atoms with Crippen LogP contribution >= 0.6 is 0 Å². The van der Waals surface area contributed by atoms with Gasteiger partial charge in [0.1, 0.15) is 6.04 Å². The summed E-state index contributed by atoms with van der Waals surface area (Å²) >= 11 is 0. The topological polar surface area (TPSA) is 103 Å². The molecule has 160 valence electrons. The predicted molar refractivity (Wildman–Crippen MR) is 110 cm³/mol. The van der Waals surface area contributed by atoms with Gasteiger partial charge >= 0.3 is 5.97 Å². The van der Waals surface area contributed by atoms with E-state index in [2.05, 4.69) is 24.9 Å². The molecule has 0 aromatic heterocycles. The van der Waals surface area contributed by atoms with Gasteiger partial charge in [-0.1, -0.05) is 44.2 Å². The average molecular weight is 405 g/mol. The number of ether oxygens (including phenoxy) is 1. The van der Waals surface area contributed by atoms with Gasteiger partial charge in [-0.3, -0.25) is 9.59 Å². The van der Waals surface area contributed by atoms with Gasteiger partial charge < -0.3 is 20.7 Å². The summed E-state index contributed by atoms with van der Waals surface area (Å²) in [6.45, 7) is 5.25. The number of benzene rings is 1. The third-order valence-corrected chi connectivity index (χ3v) is 5.37. The molecule has 2 amide bonds. The molecule has 4 N–H and O–H groups in total. The Balaban J connectivity index is 1.89. The molecule has 1 aromatic rings. The smallest absolute Gasteiger partial charge is 0.328 e. The van der Waals surface area contributed by atoms with Gasteiger partial charge in [-0.05, 0) is 24.3 Å². The molecule has 7 nitrogen and oxygen atoms in total. The van der Waals surface area contributed by atoms with Crippen molar-refractivity contribution in [2.24, 2.45) is 11.8 Å². The molecule has 1 heterocycles. The van der Waals surface area contributed by atoms with Crippen molar-refractivity contribution >= 4 is 17.8 Å². The van der Waals surface area contributed by atoms with E-state index >= 15 is 0 Å². The minimum Gasteiger partial charge on any atom is -0.467 e. The Bertz CT molecular complexity index is 685. The number of carbonyl (C=O) groups is 3. The van der Waals surface area contributed by atoms with Gasteiger partial charge in [-0.15, -0.1) is 0 Å². The van der Waals surface area contributed by atoms with Crippen LogP contribution in [0.4, 0.5) is 0 Å². The van der Waals surface area contributed by atoms with Gasteiger partial charge in [-0.25, -0.2) is 4.79 Å². The number of amides is 2. The Morgan fingerprint density at radius 2 is 1.79 bits per heavy atom. The van der Waals surface area contributed by atoms with Crippen molar-refractivity contribution in [3.63, 3.8) is 0 Å². The second-order valence-corrected chi connectivity index (χ2v) is 8.20. The van der Waals surface area contributed by atoms with Crippen LogP contribution in [0, 0.1) is 11.8 Å². The maximum Gasteiger partial charge on any atom is 0.328 e. The molecule has 1 aliphatic heterocycles. The fraction of sp³-hybridized carbons (Fsp3) is 0.591. The Hall–Kier alpha value is -2.41. The van der Waals surface area contributed by atoms with E-state index in [4.69, 9.17) is 4.74 Å². The first kappa shape index (κ1) is 22.9. The van der Waals surface area contributed by atoms with Crippen molar-refractivity contribution in [2.75, 3.05) is 20.2 Å². The standard InChI is InChI=1S/C22H33N3O4/c1-15(2)13-18(23)21(27)25-11-9-17(10-12-25)20(26)24-19(22(28)29-3)14-16-7-5-4-6-8-16/h4-8,15,17-19H,9-14,23H2,1-3H3,(H,24,26)/p+1. The van der Waals surface area contributed by atoms with Crippen molar-refractivity contribution < 1.29 is 24.9 Å². The van der Waals surface area contributed by atoms with Gasteiger partial charge in [-0.2, -0.15) is 0 Å². The zero-order valence-electron chi connectivity index (χ0n) is 17.7. The Kier molecular flexibility index (Phi) is 8.64. The minimum atomic E-state index is -0.718. The summed E-state index contributed by atoms with van der Waals surface area (Å²) in [7, 11) is 1.32. The number of esters is 1. The summed E-state index contributed by atoms with van der Waals surface area (Å²) in [5.74, 6) is -0.339. The molecule has 1 aromatic carbocycles. The Morgan fingerprint density at radius 3 is 2.34 bits per heavy atom. The SMILES string of the molecule is COC(=O)C(Cc1ccccc1)NC(=O)C1CCN(C(=O)C([NH3+])CC(C)C)CC1. The Morgan fingerprint density at radius 1 is 1.17 bits per heavy atom. The quantitative estimate of drug-likeness (QED) is 0.625. The Labute approximate surface area is 173 Å². The van der Waals surface area contributed by atoms with Gasteiger partial charge in [0, 0.05) is 31.8 Å². The highest BCUT2D eigenvalue weighted by Crippen LogP contribution is 2.19. The van der Waals surface area contributed by atoms with Crippen LogP contribution in [-0.4, -0.2) is 55.0 Å². The molecular weight excluding hydrogens is 370 g/mol. The van der Waals surface area contributed by atoms with Crippen LogP contribution in [0.3, 0.4) is 0 Å². The molecule has 1 fully saturated rings. The third-order valence-electron chi connectivity index (χ3n) is 5.37.